The van der Waals surface area contributed by atoms with Crippen molar-refractivity contribution in [1.29, 1.82) is 0 Å². The molecule has 10 nitrogen and oxygen atoms in total. The summed E-state index contributed by atoms with van der Waals surface area (Å²) in [6.07, 6.45) is -5.89. The summed E-state index contributed by atoms with van der Waals surface area (Å²) < 4.78 is 9.86. The van der Waals surface area contributed by atoms with Gasteiger partial charge in [-0.05, 0) is 11.5 Å². The van der Waals surface area contributed by atoms with Gasteiger partial charge in [-0.2, -0.15) is 0 Å². The number of nitrogens with one attached hydrogen (secondary N) is 2. The van der Waals surface area contributed by atoms with Crippen molar-refractivity contribution in [2.24, 2.45) is 5.92 Å². The van der Waals surface area contributed by atoms with E-state index in [1.54, 1.807) is 38.1 Å². The minimum absolute atomic E-state index is 0.0124. The fourth-order valence-electron chi connectivity index (χ4n) is 2.72. The number of hydrogen-bond acceptors (Lipinski definition) is 9. The number of carbonyl (C=O) groups is 2. The highest BCUT2D eigenvalue weighted by Crippen LogP contribution is 2.09. The van der Waals surface area contributed by atoms with Gasteiger partial charge in [-0.25, -0.2) is 4.79 Å². The summed E-state index contributed by atoms with van der Waals surface area (Å²) in [6.45, 7) is 2.63. The molecule has 0 saturated carbocycles. The van der Waals surface area contributed by atoms with Gasteiger partial charge in [0.05, 0.1) is 19.8 Å². The summed E-state index contributed by atoms with van der Waals surface area (Å²) in [5.41, 5.74) is 0.754. The molecule has 1 aromatic rings. The first-order chi connectivity index (χ1) is 14.2. The molecule has 10 heteroatoms. The van der Waals surface area contributed by atoms with E-state index >= 15 is 0 Å². The molecule has 0 aromatic heterocycles. The van der Waals surface area contributed by atoms with Gasteiger partial charge in [-0.15, -0.1) is 0 Å². The van der Waals surface area contributed by atoms with Crippen molar-refractivity contribution in [2.75, 3.05) is 20.3 Å². The average Bonchev–Trinajstić information content (AvgIpc) is 2.75. The number of ether oxygens (including phenoxy) is 2. The average molecular weight is 428 g/mol. The Morgan fingerprint density at radius 1 is 1.07 bits per heavy atom. The second-order valence-electron chi connectivity index (χ2n) is 7.20. The number of carbonyl (C=O) groups excluding carboxylic acids is 2. The van der Waals surface area contributed by atoms with Crippen molar-refractivity contribution in [3.05, 3.63) is 35.9 Å². The summed E-state index contributed by atoms with van der Waals surface area (Å²) in [5, 5.41) is 44.4. The number of benzene rings is 1. The molecule has 0 heterocycles. The van der Waals surface area contributed by atoms with Crippen LogP contribution in [-0.2, 0) is 20.9 Å². The molecule has 0 aliphatic rings. The van der Waals surface area contributed by atoms with Crippen molar-refractivity contribution < 1.29 is 39.5 Å². The summed E-state index contributed by atoms with van der Waals surface area (Å²) in [7, 11) is 1.24. The molecular formula is C20H32N2O8. The maximum Gasteiger partial charge on any atom is 0.407 e. The van der Waals surface area contributed by atoms with Crippen molar-refractivity contribution in [3.8, 4) is 0 Å². The highest BCUT2D eigenvalue weighted by Gasteiger charge is 2.34. The number of hydrogen-bond donors (Lipinski definition) is 6. The number of aliphatic hydroxyl groups is 4. The van der Waals surface area contributed by atoms with Crippen LogP contribution in [0, 0.1) is 5.92 Å². The Balaban J connectivity index is 2.82. The molecule has 0 radical (unpaired) electrons. The van der Waals surface area contributed by atoms with Crippen molar-refractivity contribution >= 4 is 12.1 Å². The highest BCUT2D eigenvalue weighted by molar-refractivity contribution is 5.76. The first-order valence-corrected chi connectivity index (χ1v) is 9.64. The smallest absolute Gasteiger partial charge is 0.407 e. The lowest BCUT2D eigenvalue weighted by Crippen LogP contribution is -2.58. The third-order valence-corrected chi connectivity index (χ3v) is 4.54. The third-order valence-electron chi connectivity index (χ3n) is 4.54. The number of alkyl carbamates (subject to hydrolysis) is 1. The van der Waals surface area contributed by atoms with Crippen LogP contribution < -0.4 is 10.6 Å². The van der Waals surface area contributed by atoms with Gasteiger partial charge in [-0.3, -0.25) is 4.79 Å². The molecule has 30 heavy (non-hydrogen) atoms. The molecular weight excluding hydrogens is 396 g/mol. The van der Waals surface area contributed by atoms with Crippen LogP contribution in [0.4, 0.5) is 4.79 Å². The van der Waals surface area contributed by atoms with E-state index in [-0.39, 0.29) is 19.1 Å². The van der Waals surface area contributed by atoms with Crippen LogP contribution in [0.3, 0.4) is 0 Å². The third kappa shape index (κ3) is 8.25. The van der Waals surface area contributed by atoms with Gasteiger partial charge in [0.1, 0.15) is 31.0 Å². The molecule has 5 atom stereocenters. The van der Waals surface area contributed by atoms with Gasteiger partial charge in [0.25, 0.3) is 0 Å². The fourth-order valence-corrected chi connectivity index (χ4v) is 2.72. The standard InChI is InChI=1S/C20H32N2O8/c1-12(2)16(19(27)29-3)21-9-14(17(25)18(26)15(24)10-23)22-20(28)30-11-13-7-5-4-6-8-13/h4-8,12,14-18,21,23-26H,9-11H2,1-3H3,(H,22,28)/t14-,15+,16-,17+,18+/m0/s1. The molecule has 0 unspecified atom stereocenters. The van der Waals surface area contributed by atoms with Gasteiger partial charge in [0, 0.05) is 6.54 Å². The molecule has 0 bridgehead atoms. The SMILES string of the molecule is COC(=O)[C@@H](NC[C@H](NC(=O)OCc1ccccc1)[C@@H](O)[C@H](O)[C@H](O)CO)C(C)C. The molecule has 170 valence electrons. The topological polar surface area (TPSA) is 158 Å². The lowest BCUT2D eigenvalue weighted by Gasteiger charge is -2.31. The van der Waals surface area contributed by atoms with Gasteiger partial charge in [0.2, 0.25) is 0 Å². The second kappa shape index (κ2) is 13.1. The maximum absolute atomic E-state index is 12.2. The van der Waals surface area contributed by atoms with E-state index in [1.807, 2.05) is 6.07 Å². The van der Waals surface area contributed by atoms with Crippen LogP contribution in [0.2, 0.25) is 0 Å². The maximum atomic E-state index is 12.2. The molecule has 0 fully saturated rings. The first-order valence-electron chi connectivity index (χ1n) is 9.64. The van der Waals surface area contributed by atoms with E-state index in [1.165, 1.54) is 7.11 Å². The molecule has 1 amide bonds. The lowest BCUT2D eigenvalue weighted by atomic mass is 9.99. The first kappa shape index (κ1) is 25.8. The van der Waals surface area contributed by atoms with Crippen LogP contribution in [0.5, 0.6) is 0 Å². The van der Waals surface area contributed by atoms with Crippen LogP contribution in [0.1, 0.15) is 19.4 Å². The summed E-state index contributed by atoms with van der Waals surface area (Å²) in [5.74, 6) is -0.686. The van der Waals surface area contributed by atoms with Crippen LogP contribution in [-0.4, -0.2) is 83.1 Å². The Bertz CT molecular complexity index is 643. The molecule has 0 saturated heterocycles. The molecule has 0 aliphatic heterocycles. The molecule has 1 rings (SSSR count). The monoisotopic (exact) mass is 428 g/mol. The van der Waals surface area contributed by atoms with Gasteiger partial charge in [-0.1, -0.05) is 44.2 Å². The van der Waals surface area contributed by atoms with Crippen LogP contribution >= 0.6 is 0 Å². The number of amides is 1. The van der Waals surface area contributed by atoms with Crippen LogP contribution in [0.15, 0.2) is 30.3 Å². The predicted octanol–water partition coefficient (Wildman–Crippen LogP) is -0.856. The van der Waals surface area contributed by atoms with E-state index in [4.69, 9.17) is 14.6 Å². The summed E-state index contributed by atoms with van der Waals surface area (Å²) in [6, 6.07) is 7.07. The quantitative estimate of drug-likeness (QED) is 0.233. The Hall–Kier alpha value is -2.24. The second-order valence-corrected chi connectivity index (χ2v) is 7.20. The van der Waals surface area contributed by atoms with E-state index in [0.717, 1.165) is 5.56 Å². The Kier molecular flexibility index (Phi) is 11.3. The summed E-state index contributed by atoms with van der Waals surface area (Å²) in [4.78, 5) is 24.1. The minimum atomic E-state index is -1.74. The number of rotatable bonds is 12. The van der Waals surface area contributed by atoms with Crippen LogP contribution in [0.25, 0.3) is 0 Å². The van der Waals surface area contributed by atoms with E-state index in [0.29, 0.717) is 0 Å². The van der Waals surface area contributed by atoms with Crippen molar-refractivity contribution in [2.45, 2.75) is 50.8 Å². The van der Waals surface area contributed by atoms with Crippen molar-refractivity contribution in [3.63, 3.8) is 0 Å². The van der Waals surface area contributed by atoms with Crippen molar-refractivity contribution in [1.82, 2.24) is 10.6 Å². The van der Waals surface area contributed by atoms with E-state index in [9.17, 15) is 24.9 Å². The highest BCUT2D eigenvalue weighted by atomic mass is 16.5. The molecule has 0 aliphatic carbocycles. The molecule has 0 spiro atoms. The fraction of sp³-hybridized carbons (Fsp3) is 0.600. The Labute approximate surface area is 175 Å². The largest absolute Gasteiger partial charge is 0.468 e. The zero-order chi connectivity index (χ0) is 22.7. The number of esters is 1. The zero-order valence-corrected chi connectivity index (χ0v) is 17.4. The predicted molar refractivity (Wildman–Crippen MR) is 107 cm³/mol. The number of methoxy groups -OCH3 is 1. The minimum Gasteiger partial charge on any atom is -0.468 e. The lowest BCUT2D eigenvalue weighted by molar-refractivity contribution is -0.144. The Morgan fingerprint density at radius 3 is 2.23 bits per heavy atom. The molecule has 1 aromatic carbocycles. The van der Waals surface area contributed by atoms with Gasteiger partial charge >= 0.3 is 12.1 Å². The zero-order valence-electron chi connectivity index (χ0n) is 17.4. The molecule has 6 N–H and O–H groups in total. The number of aliphatic hydroxyl groups excluding tert-OH is 4. The summed E-state index contributed by atoms with van der Waals surface area (Å²) >= 11 is 0. The normalized spacial score (nSPS) is 16.3. The van der Waals surface area contributed by atoms with E-state index < -0.39 is 49.1 Å². The van der Waals surface area contributed by atoms with Gasteiger partial charge < -0.3 is 40.5 Å². The Morgan fingerprint density at radius 2 is 1.70 bits per heavy atom. The van der Waals surface area contributed by atoms with Gasteiger partial charge in [0.15, 0.2) is 0 Å². The van der Waals surface area contributed by atoms with E-state index in [2.05, 4.69) is 10.6 Å².